The quantitative estimate of drug-likeness (QED) is 0.0960. The molecule has 204 valence electrons. The van der Waals surface area contributed by atoms with E-state index in [4.69, 9.17) is 9.79 Å². The molecule has 2 rings (SSSR count). The van der Waals surface area contributed by atoms with Crippen molar-refractivity contribution in [2.24, 2.45) is 0 Å². The molecule has 1 aromatic carbocycles. The molecular formula is C21H30N4O10P2. The molecule has 2 aromatic rings. The summed E-state index contributed by atoms with van der Waals surface area (Å²) < 4.78 is 34.9. The lowest BCUT2D eigenvalue weighted by atomic mass is 10.1. The van der Waals surface area contributed by atoms with Gasteiger partial charge in [-0.1, -0.05) is 34.9 Å². The summed E-state index contributed by atoms with van der Waals surface area (Å²) in [5.74, 6) is 0. The van der Waals surface area contributed by atoms with E-state index in [0.717, 1.165) is 30.4 Å². The van der Waals surface area contributed by atoms with Gasteiger partial charge in [-0.3, -0.25) is 14.6 Å². The van der Waals surface area contributed by atoms with E-state index < -0.39 is 20.6 Å². The van der Waals surface area contributed by atoms with Gasteiger partial charge in [-0.25, -0.2) is 13.8 Å². The van der Waals surface area contributed by atoms with Gasteiger partial charge in [0.2, 0.25) is 5.52 Å². The van der Waals surface area contributed by atoms with E-state index in [2.05, 4.69) is 41.2 Å². The number of phosphoric acid groups is 2. The predicted octanol–water partition coefficient (Wildman–Crippen LogP) is 5.17. The van der Waals surface area contributed by atoms with E-state index in [-0.39, 0.29) is 17.8 Å². The van der Waals surface area contributed by atoms with Crippen molar-refractivity contribution in [2.45, 2.75) is 46.5 Å². The molecule has 16 heteroatoms. The molecule has 0 bridgehead atoms. The first-order valence-corrected chi connectivity index (χ1v) is 14.1. The van der Waals surface area contributed by atoms with Crippen LogP contribution in [-0.2, 0) is 18.0 Å². The number of hydrogen-bond acceptors (Lipinski definition) is 10. The third-order valence-corrected chi connectivity index (χ3v) is 7.24. The second kappa shape index (κ2) is 13.7. The normalized spacial score (nSPS) is 15.1. The van der Waals surface area contributed by atoms with Gasteiger partial charge in [0.05, 0.1) is 17.2 Å². The van der Waals surface area contributed by atoms with E-state index >= 15 is 0 Å². The van der Waals surface area contributed by atoms with E-state index in [1.165, 1.54) is 11.6 Å². The minimum atomic E-state index is -5.13. The number of fused-ring (bicyclic) bond motifs is 1. The number of nitrogens with zero attached hydrogens (tertiary/aromatic N) is 3. The molecule has 37 heavy (non-hydrogen) atoms. The summed E-state index contributed by atoms with van der Waals surface area (Å²) in [4.78, 5) is 36.9. The van der Waals surface area contributed by atoms with E-state index in [1.54, 1.807) is 12.1 Å². The zero-order valence-electron chi connectivity index (χ0n) is 20.6. The minimum Gasteiger partial charge on any atom is -0.379 e. The van der Waals surface area contributed by atoms with Crippen LogP contribution in [0.3, 0.4) is 0 Å². The molecule has 0 fully saturated rings. The highest BCUT2D eigenvalue weighted by Gasteiger charge is 2.31. The third kappa shape index (κ3) is 11.1. The topological polar surface area (TPSA) is 207 Å². The number of nitro groups is 1. The van der Waals surface area contributed by atoms with Gasteiger partial charge in [-0.15, -0.1) is 0 Å². The van der Waals surface area contributed by atoms with Gasteiger partial charge >= 0.3 is 21.3 Å². The van der Waals surface area contributed by atoms with Gasteiger partial charge in [-0.2, -0.15) is 4.31 Å². The first kappa shape index (κ1) is 30.5. The Morgan fingerprint density at radius 2 is 1.62 bits per heavy atom. The molecule has 0 radical (unpaired) electrons. The summed E-state index contributed by atoms with van der Waals surface area (Å²) in [6.45, 7) is 6.01. The van der Waals surface area contributed by atoms with Crippen LogP contribution in [0.2, 0.25) is 0 Å². The summed E-state index contributed by atoms with van der Waals surface area (Å²) in [5, 5.41) is 21.7. The monoisotopic (exact) mass is 560 g/mol. The molecule has 0 saturated carbocycles. The zero-order chi connectivity index (χ0) is 27.6. The molecule has 1 unspecified atom stereocenters. The molecule has 1 atom stereocenters. The summed E-state index contributed by atoms with van der Waals surface area (Å²) in [6, 6.07) is 2.93. The first-order valence-electron chi connectivity index (χ1n) is 11.1. The first-order chi connectivity index (χ1) is 17.3. The second-order valence-corrected chi connectivity index (χ2v) is 11.1. The largest absolute Gasteiger partial charge is 0.481 e. The van der Waals surface area contributed by atoms with Crippen molar-refractivity contribution in [3.8, 4) is 0 Å². The lowest BCUT2D eigenvalue weighted by Gasteiger charge is -2.11. The highest BCUT2D eigenvalue weighted by Crippen LogP contribution is 2.57. The molecule has 1 aromatic heterocycles. The van der Waals surface area contributed by atoms with Gasteiger partial charge in [0.15, 0.2) is 5.52 Å². The van der Waals surface area contributed by atoms with Crippen LogP contribution < -0.4 is 5.32 Å². The van der Waals surface area contributed by atoms with E-state index in [1.807, 2.05) is 20.8 Å². The van der Waals surface area contributed by atoms with Crippen LogP contribution in [0.4, 0.5) is 11.4 Å². The van der Waals surface area contributed by atoms with Crippen molar-refractivity contribution in [2.75, 3.05) is 18.5 Å². The fourth-order valence-electron chi connectivity index (χ4n) is 3.18. The Labute approximate surface area is 213 Å². The number of anilines is 1. The average Bonchev–Trinajstić information content (AvgIpc) is 3.25. The van der Waals surface area contributed by atoms with Crippen molar-refractivity contribution in [3.05, 3.63) is 57.2 Å². The SMILES string of the molecule is C/C(=C\CC/C(C)=C/COP(=O)(O)OP(=O)(O)O)CC/C=C(\C)CNc1ccc([N+](=O)[O-])c2nonc12. The zero-order valence-corrected chi connectivity index (χ0v) is 22.4. The molecule has 0 amide bonds. The van der Waals surface area contributed by atoms with Gasteiger partial charge in [-0.05, 0) is 62.8 Å². The number of nitro benzene ring substituents is 1. The minimum absolute atomic E-state index is 0.0947. The van der Waals surface area contributed by atoms with Crippen LogP contribution >= 0.6 is 15.6 Å². The van der Waals surface area contributed by atoms with Gasteiger partial charge in [0.25, 0.3) is 0 Å². The van der Waals surface area contributed by atoms with Gasteiger partial charge in [0, 0.05) is 12.6 Å². The van der Waals surface area contributed by atoms with Crippen LogP contribution in [0, 0.1) is 10.1 Å². The summed E-state index contributed by atoms with van der Waals surface area (Å²) in [7, 11) is -9.96. The summed E-state index contributed by atoms with van der Waals surface area (Å²) in [5.41, 5.74) is 3.98. The Bertz CT molecular complexity index is 1280. The van der Waals surface area contributed by atoms with Crippen molar-refractivity contribution >= 4 is 38.1 Å². The summed E-state index contributed by atoms with van der Waals surface area (Å²) in [6.07, 6.45) is 8.84. The van der Waals surface area contributed by atoms with E-state index in [0.29, 0.717) is 24.2 Å². The maximum absolute atomic E-state index is 11.4. The molecule has 14 nitrogen and oxygen atoms in total. The smallest absolute Gasteiger partial charge is 0.379 e. The highest BCUT2D eigenvalue weighted by molar-refractivity contribution is 7.60. The molecule has 0 aliphatic carbocycles. The van der Waals surface area contributed by atoms with Gasteiger partial charge in [0.1, 0.15) is 0 Å². The molecule has 0 aliphatic heterocycles. The van der Waals surface area contributed by atoms with Crippen molar-refractivity contribution < 1.29 is 42.2 Å². The number of allylic oxidation sites excluding steroid dienone is 4. The van der Waals surface area contributed by atoms with Crippen molar-refractivity contribution in [1.82, 2.24) is 10.3 Å². The summed E-state index contributed by atoms with van der Waals surface area (Å²) >= 11 is 0. The number of rotatable bonds is 15. The number of aromatic nitrogens is 2. The Morgan fingerprint density at radius 3 is 2.24 bits per heavy atom. The van der Waals surface area contributed by atoms with Crippen LogP contribution in [0.1, 0.15) is 46.5 Å². The number of hydrogen-bond donors (Lipinski definition) is 4. The van der Waals surface area contributed by atoms with Gasteiger partial charge < -0.3 is 20.0 Å². The van der Waals surface area contributed by atoms with Crippen LogP contribution in [-0.4, -0.2) is 43.1 Å². The average molecular weight is 560 g/mol. The number of nitrogens with one attached hydrogen (secondary N) is 1. The van der Waals surface area contributed by atoms with Crippen LogP contribution in [0.25, 0.3) is 11.0 Å². The fourth-order valence-corrected chi connectivity index (χ4v) is 4.71. The second-order valence-electron chi connectivity index (χ2n) is 8.27. The maximum Gasteiger partial charge on any atom is 0.481 e. The maximum atomic E-state index is 11.4. The molecule has 1 heterocycles. The molecule has 0 spiro atoms. The number of non-ortho nitro benzene ring substituents is 1. The molecule has 4 N–H and O–H groups in total. The van der Waals surface area contributed by atoms with Crippen molar-refractivity contribution in [1.29, 1.82) is 0 Å². The lowest BCUT2D eigenvalue weighted by molar-refractivity contribution is -0.383. The number of benzene rings is 1. The molecule has 0 saturated heterocycles. The Morgan fingerprint density at radius 1 is 1.03 bits per heavy atom. The Hall–Kier alpha value is -2.70. The highest BCUT2D eigenvalue weighted by atomic mass is 31.3. The third-order valence-electron chi connectivity index (χ3n) is 5.09. The Kier molecular flexibility index (Phi) is 11.3. The number of phosphoric ester groups is 1. The van der Waals surface area contributed by atoms with Crippen LogP contribution in [0.5, 0.6) is 0 Å². The molecular weight excluding hydrogens is 530 g/mol. The van der Waals surface area contributed by atoms with Crippen LogP contribution in [0.15, 0.2) is 51.7 Å². The predicted molar refractivity (Wildman–Crippen MR) is 136 cm³/mol. The fraction of sp³-hybridized carbons (Fsp3) is 0.429. The van der Waals surface area contributed by atoms with E-state index in [9.17, 15) is 24.1 Å². The van der Waals surface area contributed by atoms with Crippen molar-refractivity contribution in [3.63, 3.8) is 0 Å². The lowest BCUT2D eigenvalue weighted by Crippen LogP contribution is -2.04. The molecule has 0 aliphatic rings. The standard InChI is InChI=1S/C21H30N4O10P2/c1-15(6-4-8-16(2)12-13-33-37(31,32)35-36(28,29)30)7-5-9-17(3)14-22-18-10-11-19(25(26)27)21-20(18)23-34-24-21/h6,9-12,22H,4-5,7-8,13-14H2,1-3H3,(H,31,32)(H2,28,29,30)/b15-6+,16-12+,17-9+. The Balaban J connectivity index is 1.74.